The van der Waals surface area contributed by atoms with E-state index in [1.54, 1.807) is 0 Å². The first-order valence-corrected chi connectivity index (χ1v) is 25.0. The van der Waals surface area contributed by atoms with Crippen molar-refractivity contribution >= 4 is 61.6 Å². The van der Waals surface area contributed by atoms with Crippen molar-refractivity contribution in [1.82, 2.24) is 30.2 Å². The van der Waals surface area contributed by atoms with Gasteiger partial charge in [0.15, 0.2) is 0 Å². The number of thiol groups is 3. The predicted molar refractivity (Wildman–Crippen MR) is 266 cm³/mol. The van der Waals surface area contributed by atoms with Crippen LogP contribution < -0.4 is 10.6 Å². The van der Waals surface area contributed by atoms with Crippen LogP contribution in [0.3, 0.4) is 0 Å². The molecule has 0 spiro atoms. The van der Waals surface area contributed by atoms with Crippen LogP contribution >= 0.6 is 37.9 Å². The minimum Gasteiger partial charge on any atom is -0.465 e. The number of nitrogens with one attached hydrogen (secondary N) is 2. The number of hydrogen-bond donors (Lipinski definition) is 5. The standard InChI is InChI=1S/2C18H34N2O3S.C11H22N2S/c2*1-13(2)11-23-16(21)10-14(12-24)17(22)19-15-6-8-20(9-7-15)18(3,4)5;1-10(9-14)12-5-7-13(8-6-12)11(2,3)4/h2*13-15,24H,6-12H2,1-5H3,(H,19,22);14H,1,5-9H2,2-4H3/t2*14-;/m10./s1. The second-order valence-corrected chi connectivity index (χ2v) is 22.1. The molecule has 0 bridgehead atoms. The van der Waals surface area contributed by atoms with Gasteiger partial charge in [-0.2, -0.15) is 37.9 Å². The van der Waals surface area contributed by atoms with Gasteiger partial charge in [0.2, 0.25) is 11.8 Å². The molecule has 2 N–H and O–H groups in total. The lowest BCUT2D eigenvalue weighted by atomic mass is 9.97. The van der Waals surface area contributed by atoms with Crippen LogP contribution in [0.1, 0.15) is 129 Å². The molecule has 2 amide bonds. The van der Waals surface area contributed by atoms with Crippen molar-refractivity contribution in [2.24, 2.45) is 23.7 Å². The Morgan fingerprint density at radius 2 is 0.871 bits per heavy atom. The van der Waals surface area contributed by atoms with Crippen molar-refractivity contribution < 1.29 is 28.7 Å². The minimum atomic E-state index is -0.423. The van der Waals surface area contributed by atoms with Gasteiger partial charge >= 0.3 is 11.9 Å². The highest BCUT2D eigenvalue weighted by molar-refractivity contribution is 7.80. The highest BCUT2D eigenvalue weighted by atomic mass is 32.1. The zero-order valence-corrected chi connectivity index (χ0v) is 43.9. The Hall–Kier alpha value is -1.65. The van der Waals surface area contributed by atoms with Gasteiger partial charge in [0.05, 0.1) is 37.9 Å². The van der Waals surface area contributed by atoms with Crippen LogP contribution in [0.15, 0.2) is 12.3 Å². The maximum atomic E-state index is 12.4. The third-order valence-corrected chi connectivity index (χ3v) is 12.8. The van der Waals surface area contributed by atoms with Gasteiger partial charge in [0, 0.05) is 104 Å². The molecule has 0 aromatic carbocycles. The number of piperidine rings is 2. The molecular formula is C47H90N6O6S3. The number of piperazine rings is 1. The number of likely N-dealkylation sites (tertiary alicyclic amines) is 2. The summed E-state index contributed by atoms with van der Waals surface area (Å²) in [5.41, 5.74) is 1.79. The molecule has 2 atom stereocenters. The lowest BCUT2D eigenvalue weighted by Gasteiger charge is -2.43. The number of carbonyl (C=O) groups excluding carboxylic acids is 4. The van der Waals surface area contributed by atoms with Crippen LogP contribution in [0.4, 0.5) is 0 Å². The number of nitrogens with zero attached hydrogens (tertiary/aromatic N) is 4. The maximum Gasteiger partial charge on any atom is 0.306 e. The topological polar surface area (TPSA) is 124 Å². The first-order chi connectivity index (χ1) is 28.7. The van der Waals surface area contributed by atoms with Crippen molar-refractivity contribution in [1.29, 1.82) is 0 Å². The second-order valence-electron chi connectivity index (χ2n) is 21.1. The average Bonchev–Trinajstić information content (AvgIpc) is 3.19. The normalized spacial score (nSPS) is 18.8. The Morgan fingerprint density at radius 1 is 0.565 bits per heavy atom. The van der Waals surface area contributed by atoms with E-state index in [0.717, 1.165) is 89.5 Å². The minimum absolute atomic E-state index is 0.0827. The van der Waals surface area contributed by atoms with Crippen molar-refractivity contribution in [3.63, 3.8) is 0 Å². The Labute approximate surface area is 394 Å². The molecular weight excluding hydrogens is 841 g/mol. The van der Waals surface area contributed by atoms with Crippen LogP contribution in [0.25, 0.3) is 0 Å². The van der Waals surface area contributed by atoms with E-state index in [1.807, 2.05) is 27.7 Å². The van der Waals surface area contributed by atoms with E-state index in [-0.39, 0.29) is 59.8 Å². The predicted octanol–water partition coefficient (Wildman–Crippen LogP) is 6.85. The summed E-state index contributed by atoms with van der Waals surface area (Å²) in [6, 6.07) is 0.371. The molecule has 0 aromatic rings. The van der Waals surface area contributed by atoms with Crippen molar-refractivity contribution in [3.05, 3.63) is 12.3 Å². The van der Waals surface area contributed by atoms with Gasteiger partial charge in [-0.1, -0.05) is 34.3 Å². The fourth-order valence-corrected chi connectivity index (χ4v) is 8.13. The molecule has 3 aliphatic rings. The fourth-order valence-electron chi connectivity index (χ4n) is 7.34. The molecule has 3 aliphatic heterocycles. The van der Waals surface area contributed by atoms with Crippen LogP contribution in [-0.4, -0.2) is 155 Å². The highest BCUT2D eigenvalue weighted by Gasteiger charge is 2.32. The van der Waals surface area contributed by atoms with Gasteiger partial charge in [-0.05, 0) is 99.8 Å². The Morgan fingerprint density at radius 3 is 1.13 bits per heavy atom. The van der Waals surface area contributed by atoms with Gasteiger partial charge in [0.25, 0.3) is 0 Å². The lowest BCUT2D eigenvalue weighted by Crippen LogP contribution is -2.53. The summed E-state index contributed by atoms with van der Waals surface area (Å²) in [6.45, 7) is 41.2. The molecule has 0 aliphatic carbocycles. The van der Waals surface area contributed by atoms with E-state index in [2.05, 4.69) is 137 Å². The molecule has 15 heteroatoms. The third-order valence-electron chi connectivity index (χ3n) is 11.6. The lowest BCUT2D eigenvalue weighted by molar-refractivity contribution is -0.148. The number of hydrogen-bond acceptors (Lipinski definition) is 13. The van der Waals surface area contributed by atoms with E-state index < -0.39 is 11.8 Å². The van der Waals surface area contributed by atoms with Gasteiger partial charge < -0.3 is 25.0 Å². The van der Waals surface area contributed by atoms with Crippen LogP contribution in [0.2, 0.25) is 0 Å². The Balaban J connectivity index is 0.000000482. The second kappa shape index (κ2) is 28.4. The third kappa shape index (κ3) is 23.5. The van der Waals surface area contributed by atoms with Crippen LogP contribution in [-0.2, 0) is 28.7 Å². The van der Waals surface area contributed by atoms with E-state index in [0.29, 0.717) is 42.1 Å². The largest absolute Gasteiger partial charge is 0.465 e. The molecule has 362 valence electrons. The number of ether oxygens (including phenoxy) is 2. The van der Waals surface area contributed by atoms with E-state index >= 15 is 0 Å². The molecule has 62 heavy (non-hydrogen) atoms. The van der Waals surface area contributed by atoms with E-state index in [4.69, 9.17) is 9.47 Å². The summed E-state index contributed by atoms with van der Waals surface area (Å²) in [5.74, 6) is 0.419. The molecule has 3 saturated heterocycles. The summed E-state index contributed by atoms with van der Waals surface area (Å²) in [7, 11) is 0. The molecule has 0 unspecified atom stereocenters. The smallest absolute Gasteiger partial charge is 0.306 e. The number of esters is 2. The average molecular weight is 931 g/mol. The van der Waals surface area contributed by atoms with Gasteiger partial charge in [-0.3, -0.25) is 33.9 Å². The summed E-state index contributed by atoms with van der Waals surface area (Å²) < 4.78 is 10.3. The molecule has 3 fully saturated rings. The molecule has 12 nitrogen and oxygen atoms in total. The summed E-state index contributed by atoms with van der Waals surface area (Å²) in [4.78, 5) is 58.2. The summed E-state index contributed by atoms with van der Waals surface area (Å²) >= 11 is 12.7. The van der Waals surface area contributed by atoms with Gasteiger partial charge in [-0.15, -0.1) is 0 Å². The van der Waals surface area contributed by atoms with E-state index in [1.165, 1.54) is 0 Å². The Bertz CT molecular complexity index is 1260. The van der Waals surface area contributed by atoms with E-state index in [9.17, 15) is 19.2 Å². The number of carbonyl (C=O) groups is 4. The first kappa shape index (κ1) is 58.4. The van der Waals surface area contributed by atoms with Crippen LogP contribution in [0, 0.1) is 23.7 Å². The zero-order valence-electron chi connectivity index (χ0n) is 41.2. The zero-order chi connectivity index (χ0) is 47.4. The number of amides is 2. The molecule has 0 radical (unpaired) electrons. The Kier molecular flexibility index (Phi) is 26.7. The summed E-state index contributed by atoms with van der Waals surface area (Å²) in [6.07, 6.45) is 3.98. The summed E-state index contributed by atoms with van der Waals surface area (Å²) in [5, 5.41) is 6.18. The van der Waals surface area contributed by atoms with Crippen molar-refractivity contribution in [2.45, 2.75) is 157 Å². The van der Waals surface area contributed by atoms with Crippen molar-refractivity contribution in [3.8, 4) is 0 Å². The molecule has 0 aromatic heterocycles. The van der Waals surface area contributed by atoms with Crippen LogP contribution in [0.5, 0.6) is 0 Å². The highest BCUT2D eigenvalue weighted by Crippen LogP contribution is 2.23. The monoisotopic (exact) mass is 931 g/mol. The fraction of sp³-hybridized carbons (Fsp3) is 0.872. The molecule has 3 heterocycles. The first-order valence-electron chi connectivity index (χ1n) is 23.1. The maximum absolute atomic E-state index is 12.4. The van der Waals surface area contributed by atoms with Crippen molar-refractivity contribution in [2.75, 3.05) is 82.8 Å². The molecule has 3 rings (SSSR count). The SMILES string of the molecule is C=C(CS)N1CCN(C(C)(C)C)CC1.CC(C)COC(=O)C[C@@H](CS)C(=O)NC1CCN(C(C)(C)C)CC1.CC(C)COC(=O)C[C@H](CS)C(=O)NC1CCN(C(C)(C)C)CC1. The van der Waals surface area contributed by atoms with Gasteiger partial charge in [0.1, 0.15) is 0 Å². The van der Waals surface area contributed by atoms with Gasteiger partial charge in [-0.25, -0.2) is 0 Å². The quantitative estimate of drug-likeness (QED) is 0.0831. The number of rotatable bonds is 16. The molecule has 0 saturated carbocycles.